The highest BCUT2D eigenvalue weighted by Crippen LogP contribution is 2.38. The number of hydrogen-bond donors (Lipinski definition) is 1. The number of anilines is 1. The maximum absolute atomic E-state index is 13.9. The van der Waals surface area contributed by atoms with Crippen molar-refractivity contribution in [3.05, 3.63) is 93.2 Å². The third-order valence-electron chi connectivity index (χ3n) is 4.64. The van der Waals surface area contributed by atoms with E-state index in [9.17, 15) is 19.7 Å². The Morgan fingerprint density at radius 1 is 1.12 bits per heavy atom. The van der Waals surface area contributed by atoms with Crippen LogP contribution in [0.15, 0.2) is 70.7 Å². The molecule has 0 aliphatic heterocycles. The van der Waals surface area contributed by atoms with E-state index in [4.69, 9.17) is 9.47 Å². The summed E-state index contributed by atoms with van der Waals surface area (Å²) in [6, 6.07) is 20.1. The van der Waals surface area contributed by atoms with Crippen molar-refractivity contribution in [1.29, 1.82) is 10.5 Å². The molecule has 0 aromatic heterocycles. The summed E-state index contributed by atoms with van der Waals surface area (Å²) >= 11 is 3.46. The monoisotopic (exact) mass is 519 g/mol. The minimum atomic E-state index is -0.741. The number of benzene rings is 3. The highest BCUT2D eigenvalue weighted by atomic mass is 79.9. The molecule has 1 amide bonds. The Morgan fingerprint density at radius 2 is 1.85 bits per heavy atom. The molecule has 0 heterocycles. The number of carbonyl (C=O) groups excluding carboxylic acids is 1. The van der Waals surface area contributed by atoms with Gasteiger partial charge in [0.1, 0.15) is 24.1 Å². The van der Waals surface area contributed by atoms with Crippen LogP contribution in [0.25, 0.3) is 6.08 Å². The molecule has 6 nitrogen and oxygen atoms in total. The number of hydrogen-bond acceptors (Lipinski definition) is 5. The van der Waals surface area contributed by atoms with Crippen molar-refractivity contribution in [3.8, 4) is 23.6 Å². The normalized spacial score (nSPS) is 10.7. The molecule has 0 bridgehead atoms. The van der Waals surface area contributed by atoms with E-state index in [1.54, 1.807) is 36.4 Å². The van der Waals surface area contributed by atoms with E-state index >= 15 is 0 Å². The number of nitrogens with one attached hydrogen (secondary N) is 1. The van der Waals surface area contributed by atoms with Crippen molar-refractivity contribution in [2.75, 3.05) is 11.9 Å². The Bertz CT molecular complexity index is 1330. The first-order valence-corrected chi connectivity index (χ1v) is 11.0. The van der Waals surface area contributed by atoms with Gasteiger partial charge in [-0.05, 0) is 64.8 Å². The molecule has 0 atom stereocenters. The van der Waals surface area contributed by atoms with Gasteiger partial charge in [-0.2, -0.15) is 10.5 Å². The number of ether oxygens (including phenoxy) is 2. The van der Waals surface area contributed by atoms with Crippen LogP contribution >= 0.6 is 15.9 Å². The quantitative estimate of drug-likeness (QED) is 0.291. The number of nitriles is 2. The standard InChI is InChI=1S/C26H19BrFN3O3/c1-2-33-24-13-17(11-20(15-30)26(32)31-23-10-6-5-9-22(23)28)12-21(27)25(24)34-16-19-8-4-3-7-18(19)14-29/h3-13H,2,16H2,1H3,(H,31,32)/b20-11-. The first-order valence-electron chi connectivity index (χ1n) is 10.2. The summed E-state index contributed by atoms with van der Waals surface area (Å²) in [4.78, 5) is 12.5. The minimum Gasteiger partial charge on any atom is -0.490 e. The molecule has 3 aromatic rings. The van der Waals surface area contributed by atoms with E-state index < -0.39 is 11.7 Å². The third kappa shape index (κ3) is 6.00. The van der Waals surface area contributed by atoms with E-state index in [0.29, 0.717) is 33.7 Å². The molecule has 0 unspecified atom stereocenters. The lowest BCUT2D eigenvalue weighted by Gasteiger charge is -2.15. The lowest BCUT2D eigenvalue weighted by molar-refractivity contribution is -0.112. The molecule has 0 radical (unpaired) electrons. The molecule has 8 heteroatoms. The lowest BCUT2D eigenvalue weighted by Crippen LogP contribution is -2.14. The second kappa shape index (κ2) is 11.6. The molecule has 3 rings (SSSR count). The van der Waals surface area contributed by atoms with Crippen LogP contribution in [-0.4, -0.2) is 12.5 Å². The summed E-state index contributed by atoms with van der Waals surface area (Å²) < 4.78 is 26.0. The van der Waals surface area contributed by atoms with Crippen molar-refractivity contribution in [2.24, 2.45) is 0 Å². The van der Waals surface area contributed by atoms with E-state index in [0.717, 1.165) is 5.56 Å². The van der Waals surface area contributed by atoms with Crippen LogP contribution in [0.1, 0.15) is 23.6 Å². The summed E-state index contributed by atoms with van der Waals surface area (Å²) in [5.41, 5.74) is 1.50. The van der Waals surface area contributed by atoms with Gasteiger partial charge in [0.25, 0.3) is 5.91 Å². The molecular formula is C26H19BrFN3O3. The average Bonchev–Trinajstić information content (AvgIpc) is 2.83. The number of nitrogens with zero attached hydrogens (tertiary/aromatic N) is 2. The molecule has 0 saturated carbocycles. The zero-order valence-electron chi connectivity index (χ0n) is 18.1. The fraction of sp³-hybridized carbons (Fsp3) is 0.115. The predicted molar refractivity (Wildman–Crippen MR) is 129 cm³/mol. The minimum absolute atomic E-state index is 0.0220. The van der Waals surface area contributed by atoms with Gasteiger partial charge in [0.05, 0.1) is 28.4 Å². The van der Waals surface area contributed by atoms with Crippen LogP contribution < -0.4 is 14.8 Å². The van der Waals surface area contributed by atoms with Gasteiger partial charge < -0.3 is 14.8 Å². The second-order valence-electron chi connectivity index (χ2n) is 6.92. The molecule has 0 saturated heterocycles. The van der Waals surface area contributed by atoms with Gasteiger partial charge in [-0.1, -0.05) is 30.3 Å². The molecular weight excluding hydrogens is 501 g/mol. The predicted octanol–water partition coefficient (Wildman–Crippen LogP) is 5.98. The van der Waals surface area contributed by atoms with Crippen LogP contribution in [0, 0.1) is 28.5 Å². The zero-order valence-corrected chi connectivity index (χ0v) is 19.7. The van der Waals surface area contributed by atoms with Crippen LogP contribution in [0.3, 0.4) is 0 Å². The molecule has 0 aliphatic rings. The molecule has 0 aliphatic carbocycles. The Labute approximate surface area is 205 Å². The largest absolute Gasteiger partial charge is 0.490 e. The Morgan fingerprint density at radius 3 is 2.56 bits per heavy atom. The number of rotatable bonds is 8. The van der Waals surface area contributed by atoms with Gasteiger partial charge in [0.15, 0.2) is 11.5 Å². The highest BCUT2D eigenvalue weighted by molar-refractivity contribution is 9.10. The van der Waals surface area contributed by atoms with Gasteiger partial charge in [0.2, 0.25) is 0 Å². The molecule has 1 N–H and O–H groups in total. The second-order valence-corrected chi connectivity index (χ2v) is 7.78. The van der Waals surface area contributed by atoms with Crippen LogP contribution in [0.5, 0.6) is 11.5 Å². The number of amides is 1. The SMILES string of the molecule is CCOc1cc(/C=C(/C#N)C(=O)Nc2ccccc2F)cc(Br)c1OCc1ccccc1C#N. The summed E-state index contributed by atoms with van der Waals surface area (Å²) in [6.45, 7) is 2.31. The molecule has 3 aromatic carbocycles. The van der Waals surface area contributed by atoms with E-state index in [1.807, 2.05) is 19.1 Å². The number of halogens is 2. The summed E-state index contributed by atoms with van der Waals surface area (Å²) in [7, 11) is 0. The van der Waals surface area contributed by atoms with Gasteiger partial charge in [-0.3, -0.25) is 4.79 Å². The topological polar surface area (TPSA) is 95.1 Å². The van der Waals surface area contributed by atoms with Crippen molar-refractivity contribution in [3.63, 3.8) is 0 Å². The smallest absolute Gasteiger partial charge is 0.266 e. The maximum Gasteiger partial charge on any atom is 0.266 e. The van der Waals surface area contributed by atoms with Gasteiger partial charge in [-0.15, -0.1) is 0 Å². The first-order chi connectivity index (χ1) is 16.5. The number of carbonyl (C=O) groups is 1. The van der Waals surface area contributed by atoms with Crippen LogP contribution in [0.4, 0.5) is 10.1 Å². The van der Waals surface area contributed by atoms with Crippen molar-refractivity contribution < 1.29 is 18.7 Å². The van der Waals surface area contributed by atoms with Gasteiger partial charge in [-0.25, -0.2) is 4.39 Å². The first kappa shape index (κ1) is 24.5. The zero-order chi connectivity index (χ0) is 24.5. The number of para-hydroxylation sites is 1. The molecule has 0 fully saturated rings. The van der Waals surface area contributed by atoms with Crippen molar-refractivity contribution in [1.82, 2.24) is 0 Å². The fourth-order valence-electron chi connectivity index (χ4n) is 3.05. The summed E-state index contributed by atoms with van der Waals surface area (Å²) in [5, 5.41) is 21.2. The average molecular weight is 520 g/mol. The van der Waals surface area contributed by atoms with Gasteiger partial charge in [0, 0.05) is 5.56 Å². The van der Waals surface area contributed by atoms with E-state index in [2.05, 4.69) is 27.3 Å². The van der Waals surface area contributed by atoms with Crippen LogP contribution in [-0.2, 0) is 11.4 Å². The summed E-state index contributed by atoms with van der Waals surface area (Å²) in [6.07, 6.45) is 1.37. The molecule has 0 spiro atoms. The third-order valence-corrected chi connectivity index (χ3v) is 5.23. The fourth-order valence-corrected chi connectivity index (χ4v) is 3.62. The van der Waals surface area contributed by atoms with E-state index in [1.165, 1.54) is 24.3 Å². The van der Waals surface area contributed by atoms with Crippen LogP contribution in [0.2, 0.25) is 0 Å². The van der Waals surface area contributed by atoms with Gasteiger partial charge >= 0.3 is 0 Å². The molecule has 170 valence electrons. The van der Waals surface area contributed by atoms with Crippen molar-refractivity contribution >= 4 is 33.6 Å². The maximum atomic E-state index is 13.9. The lowest BCUT2D eigenvalue weighted by atomic mass is 10.1. The molecule has 34 heavy (non-hydrogen) atoms. The Kier molecular flexibility index (Phi) is 8.39. The highest BCUT2D eigenvalue weighted by Gasteiger charge is 2.16. The van der Waals surface area contributed by atoms with Crippen molar-refractivity contribution in [2.45, 2.75) is 13.5 Å². The Hall–Kier alpha value is -4.14. The summed E-state index contributed by atoms with van der Waals surface area (Å²) in [5.74, 6) is -0.533. The van der Waals surface area contributed by atoms with E-state index in [-0.39, 0.29) is 17.9 Å². The Balaban J connectivity index is 1.88.